The van der Waals surface area contributed by atoms with E-state index in [-0.39, 0.29) is 24.8 Å². The van der Waals surface area contributed by atoms with Crippen molar-refractivity contribution in [3.63, 3.8) is 0 Å². The molecule has 2 N–H and O–H groups in total. The van der Waals surface area contributed by atoms with Crippen LogP contribution in [0.1, 0.15) is 63.8 Å². The quantitative estimate of drug-likeness (QED) is 0.375. The molecule has 0 saturated carbocycles. The Bertz CT molecular complexity index is 805. The fourth-order valence-corrected chi connectivity index (χ4v) is 3.67. The SMILES string of the molecule is CCN(CC)Cc1ccc(C(C)=C(C)c2ccc(CN(CC)CC)c(O)c2)cc1O.Cl.Cl. The third kappa shape index (κ3) is 7.70. The van der Waals surface area contributed by atoms with E-state index in [1.54, 1.807) is 0 Å². The molecule has 0 spiro atoms. The Balaban J connectivity index is 0.00000480. The van der Waals surface area contributed by atoms with E-state index in [1.165, 1.54) is 0 Å². The minimum Gasteiger partial charge on any atom is -0.508 e. The van der Waals surface area contributed by atoms with Crippen LogP contribution in [0.15, 0.2) is 36.4 Å². The smallest absolute Gasteiger partial charge is 0.120 e. The summed E-state index contributed by atoms with van der Waals surface area (Å²) in [5, 5.41) is 21.1. The van der Waals surface area contributed by atoms with Crippen LogP contribution in [0.25, 0.3) is 11.1 Å². The fraction of sp³-hybridized carbons (Fsp3) is 0.462. The molecule has 6 heteroatoms. The summed E-state index contributed by atoms with van der Waals surface area (Å²) in [7, 11) is 0. The van der Waals surface area contributed by atoms with E-state index in [0.29, 0.717) is 11.5 Å². The first-order valence-corrected chi connectivity index (χ1v) is 11.1. The lowest BCUT2D eigenvalue weighted by Crippen LogP contribution is -2.22. The van der Waals surface area contributed by atoms with E-state index >= 15 is 0 Å². The first kappa shape index (κ1) is 30.3. The van der Waals surface area contributed by atoms with Gasteiger partial charge in [-0.2, -0.15) is 0 Å². The van der Waals surface area contributed by atoms with E-state index in [2.05, 4.69) is 63.5 Å². The summed E-state index contributed by atoms with van der Waals surface area (Å²) in [4.78, 5) is 4.57. The zero-order valence-corrected chi connectivity index (χ0v) is 21.9. The van der Waals surface area contributed by atoms with E-state index in [0.717, 1.165) is 72.7 Å². The molecule has 32 heavy (non-hydrogen) atoms. The average Bonchev–Trinajstić information content (AvgIpc) is 2.76. The van der Waals surface area contributed by atoms with Gasteiger partial charge in [0.05, 0.1) is 0 Å². The molecular weight excluding hydrogens is 443 g/mol. The lowest BCUT2D eigenvalue weighted by atomic mass is 9.95. The van der Waals surface area contributed by atoms with Gasteiger partial charge in [0.15, 0.2) is 0 Å². The van der Waals surface area contributed by atoms with E-state index in [4.69, 9.17) is 0 Å². The molecule has 0 aliphatic carbocycles. The number of benzene rings is 2. The molecule has 0 aromatic heterocycles. The molecule has 0 saturated heterocycles. The van der Waals surface area contributed by atoms with Crippen molar-refractivity contribution in [3.05, 3.63) is 58.7 Å². The summed E-state index contributed by atoms with van der Waals surface area (Å²) in [6.07, 6.45) is 0. The van der Waals surface area contributed by atoms with Gasteiger partial charge < -0.3 is 10.2 Å². The van der Waals surface area contributed by atoms with Crippen LogP contribution in [0.5, 0.6) is 11.5 Å². The lowest BCUT2D eigenvalue weighted by Gasteiger charge is -2.20. The second kappa shape index (κ2) is 14.4. The summed E-state index contributed by atoms with van der Waals surface area (Å²) in [5.74, 6) is 0.674. The Hall–Kier alpha value is -1.72. The van der Waals surface area contributed by atoms with Crippen molar-refractivity contribution in [2.75, 3.05) is 26.2 Å². The van der Waals surface area contributed by atoms with Gasteiger partial charge in [-0.25, -0.2) is 0 Å². The highest BCUT2D eigenvalue weighted by Gasteiger charge is 2.12. The molecule has 0 aliphatic heterocycles. The summed E-state index contributed by atoms with van der Waals surface area (Å²) >= 11 is 0. The highest BCUT2D eigenvalue weighted by atomic mass is 35.5. The molecule has 0 unspecified atom stereocenters. The van der Waals surface area contributed by atoms with Crippen LogP contribution in [-0.4, -0.2) is 46.2 Å². The lowest BCUT2D eigenvalue weighted by molar-refractivity contribution is 0.291. The number of aromatic hydroxyl groups is 2. The molecule has 0 bridgehead atoms. The first-order chi connectivity index (χ1) is 14.3. The third-order valence-electron chi connectivity index (χ3n) is 6.18. The van der Waals surface area contributed by atoms with Gasteiger partial charge in [0, 0.05) is 24.2 Å². The normalized spacial score (nSPS) is 11.8. The predicted octanol–water partition coefficient (Wildman–Crippen LogP) is 6.58. The molecule has 0 aliphatic rings. The Kier molecular flexibility index (Phi) is 13.7. The molecule has 0 fully saturated rings. The van der Waals surface area contributed by atoms with Gasteiger partial charge in [-0.1, -0.05) is 52.0 Å². The van der Waals surface area contributed by atoms with Crippen LogP contribution in [0.2, 0.25) is 0 Å². The van der Waals surface area contributed by atoms with Crippen LogP contribution in [-0.2, 0) is 13.1 Å². The monoisotopic (exact) mass is 482 g/mol. The van der Waals surface area contributed by atoms with Gasteiger partial charge in [-0.3, -0.25) is 9.80 Å². The minimum atomic E-state index is 0. The molecule has 0 atom stereocenters. The zero-order valence-electron chi connectivity index (χ0n) is 20.3. The van der Waals surface area contributed by atoms with E-state index < -0.39 is 0 Å². The summed E-state index contributed by atoms with van der Waals surface area (Å²) in [6.45, 7) is 18.0. The molecule has 4 nitrogen and oxygen atoms in total. The zero-order chi connectivity index (χ0) is 22.3. The van der Waals surface area contributed by atoms with Crippen molar-refractivity contribution in [3.8, 4) is 11.5 Å². The van der Waals surface area contributed by atoms with Crippen LogP contribution in [0.3, 0.4) is 0 Å². The second-order valence-corrected chi connectivity index (χ2v) is 7.86. The van der Waals surface area contributed by atoms with Crippen molar-refractivity contribution in [2.45, 2.75) is 54.6 Å². The standard InChI is InChI=1S/C26H38N2O2.2ClH/c1-7-27(8-2)17-23-13-11-21(15-25(23)29)19(5)20(6)22-12-14-24(26(30)16-22)18-28(9-3)10-4;;/h11-16,29-30H,7-10,17-18H2,1-6H3;2*1H. The van der Waals surface area contributed by atoms with E-state index in [9.17, 15) is 10.2 Å². The number of halogens is 2. The summed E-state index contributed by atoms with van der Waals surface area (Å²) in [5.41, 5.74) is 6.09. The molecule has 2 aromatic rings. The summed E-state index contributed by atoms with van der Waals surface area (Å²) in [6, 6.07) is 11.9. The van der Waals surface area contributed by atoms with Gasteiger partial charge in [0.1, 0.15) is 11.5 Å². The fourth-order valence-electron chi connectivity index (χ4n) is 3.67. The average molecular weight is 484 g/mol. The van der Waals surface area contributed by atoms with Crippen LogP contribution >= 0.6 is 24.8 Å². The van der Waals surface area contributed by atoms with Crippen molar-refractivity contribution in [2.24, 2.45) is 0 Å². The number of phenolic OH excluding ortho intramolecular Hbond substituents is 2. The topological polar surface area (TPSA) is 46.9 Å². The van der Waals surface area contributed by atoms with Crippen LogP contribution in [0.4, 0.5) is 0 Å². The van der Waals surface area contributed by atoms with Gasteiger partial charge >= 0.3 is 0 Å². The largest absolute Gasteiger partial charge is 0.508 e. The van der Waals surface area contributed by atoms with Crippen LogP contribution in [0, 0.1) is 0 Å². The Morgan fingerprint density at radius 3 is 1.19 bits per heavy atom. The first-order valence-electron chi connectivity index (χ1n) is 11.1. The summed E-state index contributed by atoms with van der Waals surface area (Å²) < 4.78 is 0. The van der Waals surface area contributed by atoms with Crippen molar-refractivity contribution >= 4 is 36.0 Å². The Labute approximate surface area is 206 Å². The van der Waals surface area contributed by atoms with Crippen molar-refractivity contribution < 1.29 is 10.2 Å². The number of hydrogen-bond donors (Lipinski definition) is 2. The molecule has 2 rings (SSSR count). The Morgan fingerprint density at radius 2 is 0.938 bits per heavy atom. The maximum absolute atomic E-state index is 10.5. The van der Waals surface area contributed by atoms with Gasteiger partial charge in [0.2, 0.25) is 0 Å². The van der Waals surface area contributed by atoms with Crippen molar-refractivity contribution in [1.29, 1.82) is 0 Å². The number of nitrogens with zero attached hydrogens (tertiary/aromatic N) is 2. The third-order valence-corrected chi connectivity index (χ3v) is 6.18. The molecule has 0 radical (unpaired) electrons. The van der Waals surface area contributed by atoms with Gasteiger partial charge in [-0.05, 0) is 74.4 Å². The predicted molar refractivity (Wildman–Crippen MR) is 142 cm³/mol. The molecular formula is C26H40Cl2N2O2. The second-order valence-electron chi connectivity index (χ2n) is 7.86. The van der Waals surface area contributed by atoms with E-state index in [1.807, 2.05) is 24.3 Å². The van der Waals surface area contributed by atoms with Crippen molar-refractivity contribution in [1.82, 2.24) is 9.80 Å². The van der Waals surface area contributed by atoms with Gasteiger partial charge in [0.25, 0.3) is 0 Å². The minimum absolute atomic E-state index is 0. The highest BCUT2D eigenvalue weighted by Crippen LogP contribution is 2.32. The molecule has 2 aromatic carbocycles. The number of phenols is 2. The molecule has 0 amide bonds. The Morgan fingerprint density at radius 1 is 0.625 bits per heavy atom. The number of hydrogen-bond acceptors (Lipinski definition) is 4. The van der Waals surface area contributed by atoms with Crippen LogP contribution < -0.4 is 0 Å². The number of rotatable bonds is 10. The maximum atomic E-state index is 10.5. The highest BCUT2D eigenvalue weighted by molar-refractivity contribution is 5.89. The van der Waals surface area contributed by atoms with Gasteiger partial charge in [-0.15, -0.1) is 24.8 Å². The molecule has 0 heterocycles. The maximum Gasteiger partial charge on any atom is 0.120 e. The molecule has 180 valence electrons. The number of allylic oxidation sites excluding steroid dienone is 2.